The van der Waals surface area contributed by atoms with Gasteiger partial charge in [-0.3, -0.25) is 0 Å². The molecule has 0 saturated carbocycles. The lowest BCUT2D eigenvalue weighted by Crippen LogP contribution is -2.35. The normalized spacial score (nSPS) is 13.6. The molecule has 1 rings (SSSR count). The van der Waals surface area contributed by atoms with Crippen LogP contribution < -0.4 is 4.57 Å². The molecular formula is C12H19F6N3O6S3. The minimum atomic E-state index is -6.72. The zero-order valence-corrected chi connectivity index (χ0v) is 18.0. The molecule has 0 unspecified atom stereocenters. The number of aromatic nitrogens is 2. The molecule has 0 N–H and O–H groups in total. The maximum atomic E-state index is 11.5. The van der Waals surface area contributed by atoms with Crippen LogP contribution in [0.3, 0.4) is 0 Å². The molecule has 0 aliphatic carbocycles. The van der Waals surface area contributed by atoms with Crippen LogP contribution in [0.1, 0.15) is 20.3 Å². The van der Waals surface area contributed by atoms with Crippen molar-refractivity contribution in [1.82, 2.24) is 4.57 Å². The van der Waals surface area contributed by atoms with E-state index >= 15 is 0 Å². The highest BCUT2D eigenvalue weighted by Crippen LogP contribution is 2.36. The van der Waals surface area contributed by atoms with Crippen LogP contribution in [0, 0.1) is 0 Å². The van der Waals surface area contributed by atoms with Crippen molar-refractivity contribution in [3.05, 3.63) is 22.8 Å². The van der Waals surface area contributed by atoms with Crippen LogP contribution in [0.15, 0.2) is 18.7 Å². The van der Waals surface area contributed by atoms with Gasteiger partial charge < -0.3 is 4.13 Å². The molecule has 0 spiro atoms. The fraction of sp³-hybridized carbons (Fsp3) is 0.750. The Morgan fingerprint density at radius 2 is 1.33 bits per heavy atom. The summed E-state index contributed by atoms with van der Waals surface area (Å²) in [5.41, 5.74) is -12.4. The van der Waals surface area contributed by atoms with E-state index in [-0.39, 0.29) is 5.75 Å². The van der Waals surface area contributed by atoms with Gasteiger partial charge in [-0.25, -0.2) is 34.4 Å². The molecule has 0 bridgehead atoms. The predicted molar refractivity (Wildman–Crippen MR) is 92.6 cm³/mol. The number of nitrogens with zero attached hydrogens (tertiary/aromatic N) is 3. The van der Waals surface area contributed by atoms with Gasteiger partial charge in [0.25, 0.3) is 0 Å². The van der Waals surface area contributed by atoms with Crippen molar-refractivity contribution in [3.63, 3.8) is 0 Å². The molecule has 18 heteroatoms. The second kappa shape index (κ2) is 10.3. The van der Waals surface area contributed by atoms with E-state index in [4.69, 9.17) is 0 Å². The molecule has 9 nitrogen and oxygen atoms in total. The van der Waals surface area contributed by atoms with Crippen LogP contribution in [0.4, 0.5) is 26.3 Å². The minimum absolute atomic E-state index is 0.235. The SMILES string of the molecule is CCCS(=O)(=O)CC[n+]1ccn(CC)c1.O=S(=O)([N-]S(=O)(=O)C(F)(F)F)C(F)(F)F. The Morgan fingerprint density at radius 3 is 1.67 bits per heavy atom. The van der Waals surface area contributed by atoms with E-state index in [0.717, 1.165) is 10.7 Å². The van der Waals surface area contributed by atoms with Gasteiger partial charge in [0.05, 0.1) is 18.1 Å². The quantitative estimate of drug-likeness (QED) is 0.386. The maximum Gasteiger partial charge on any atom is 0.480 e. The Labute approximate surface area is 169 Å². The standard InChI is InChI=1S/C10H19N2O2S.C2F6NO4S2/c1-3-8-15(13,14)9-7-12-6-5-11(4-2)10-12;3-1(4,5)14(10,11)9-15(12,13)2(6,7)8/h5-6,10H,3-4,7-9H2,1-2H3;/q+1;-1. The number of alkyl halides is 6. The van der Waals surface area contributed by atoms with Gasteiger partial charge in [-0.2, -0.15) is 26.3 Å². The van der Waals surface area contributed by atoms with Crippen LogP contribution >= 0.6 is 0 Å². The van der Waals surface area contributed by atoms with Gasteiger partial charge in [0.15, 0.2) is 29.9 Å². The van der Waals surface area contributed by atoms with Gasteiger partial charge in [0, 0.05) is 0 Å². The zero-order valence-electron chi connectivity index (χ0n) is 15.6. The molecule has 0 saturated heterocycles. The van der Waals surface area contributed by atoms with Crippen molar-refractivity contribution < 1.29 is 56.2 Å². The third-order valence-corrected chi connectivity index (χ3v) is 7.64. The molecule has 0 aromatic carbocycles. The lowest BCUT2D eigenvalue weighted by atomic mass is 10.6. The van der Waals surface area contributed by atoms with E-state index in [1.54, 1.807) is 0 Å². The highest BCUT2D eigenvalue weighted by atomic mass is 32.3. The maximum absolute atomic E-state index is 11.5. The number of sulfonamides is 2. The van der Waals surface area contributed by atoms with Crippen molar-refractivity contribution >= 4 is 29.9 Å². The first-order valence-corrected chi connectivity index (χ1v) is 12.6. The number of halogens is 6. The average Bonchev–Trinajstić information content (AvgIpc) is 2.98. The Bertz CT molecular complexity index is 955. The summed E-state index contributed by atoms with van der Waals surface area (Å²) < 4.78 is 136. The summed E-state index contributed by atoms with van der Waals surface area (Å²) in [5, 5.41) is 0. The van der Waals surface area contributed by atoms with Crippen LogP contribution in [0.25, 0.3) is 4.13 Å². The predicted octanol–water partition coefficient (Wildman–Crippen LogP) is 1.68. The number of imidazole rings is 1. The zero-order chi connectivity index (χ0) is 24.0. The molecule has 1 aromatic heterocycles. The van der Waals surface area contributed by atoms with Crippen LogP contribution in [0.5, 0.6) is 0 Å². The van der Waals surface area contributed by atoms with Gasteiger partial charge in [-0.15, -0.1) is 0 Å². The van der Waals surface area contributed by atoms with E-state index in [1.807, 2.05) is 34.8 Å². The monoisotopic (exact) mass is 511 g/mol. The number of rotatable bonds is 8. The summed E-state index contributed by atoms with van der Waals surface area (Å²) in [5.74, 6) is 0.529. The highest BCUT2D eigenvalue weighted by molar-refractivity contribution is 8.13. The largest absolute Gasteiger partial charge is 0.480 e. The van der Waals surface area contributed by atoms with Gasteiger partial charge in [-0.1, -0.05) is 6.92 Å². The third kappa shape index (κ3) is 9.17. The molecule has 0 amide bonds. The van der Waals surface area contributed by atoms with E-state index in [2.05, 4.69) is 6.92 Å². The molecule has 0 radical (unpaired) electrons. The molecule has 0 fully saturated rings. The van der Waals surface area contributed by atoms with Crippen molar-refractivity contribution in [2.24, 2.45) is 0 Å². The molecule has 0 atom stereocenters. The van der Waals surface area contributed by atoms with E-state index in [1.165, 1.54) is 0 Å². The molecule has 0 aliphatic heterocycles. The minimum Gasteiger partial charge on any atom is -0.421 e. The number of aryl methyl sites for hydroxylation is 2. The van der Waals surface area contributed by atoms with Gasteiger partial charge in [0.2, 0.25) is 6.33 Å². The van der Waals surface area contributed by atoms with Crippen molar-refractivity contribution in [2.75, 3.05) is 11.5 Å². The summed E-state index contributed by atoms with van der Waals surface area (Å²) in [6.45, 7) is 5.40. The smallest absolute Gasteiger partial charge is 0.421 e. The summed E-state index contributed by atoms with van der Waals surface area (Å²) in [4.78, 5) is 0. The van der Waals surface area contributed by atoms with Crippen LogP contribution in [0.2, 0.25) is 0 Å². The van der Waals surface area contributed by atoms with Crippen LogP contribution in [-0.4, -0.2) is 52.3 Å². The fourth-order valence-electron chi connectivity index (χ4n) is 1.63. The fourth-order valence-corrected chi connectivity index (χ4v) is 4.65. The third-order valence-electron chi connectivity index (χ3n) is 3.07. The highest BCUT2D eigenvalue weighted by Gasteiger charge is 2.46. The number of hydrogen-bond donors (Lipinski definition) is 0. The summed E-state index contributed by atoms with van der Waals surface area (Å²) >= 11 is 0. The van der Waals surface area contributed by atoms with Crippen molar-refractivity contribution in [1.29, 1.82) is 0 Å². The topological polar surface area (TPSA) is 125 Å². The lowest BCUT2D eigenvalue weighted by molar-refractivity contribution is -0.692. The first-order valence-electron chi connectivity index (χ1n) is 7.90. The summed E-state index contributed by atoms with van der Waals surface area (Å²) in [7, 11) is -16.3. The Balaban J connectivity index is 0.000000561. The lowest BCUT2D eigenvalue weighted by Gasteiger charge is -2.22. The molecule has 0 aliphatic rings. The van der Waals surface area contributed by atoms with E-state index in [0.29, 0.717) is 18.7 Å². The second-order valence-electron chi connectivity index (χ2n) is 5.55. The average molecular weight is 511 g/mol. The first kappa shape index (κ1) is 28.6. The number of hydrogen-bond acceptors (Lipinski definition) is 6. The van der Waals surface area contributed by atoms with Crippen molar-refractivity contribution in [3.8, 4) is 0 Å². The molecule has 178 valence electrons. The summed E-state index contributed by atoms with van der Waals surface area (Å²) in [6.07, 6.45) is 6.49. The molecule has 30 heavy (non-hydrogen) atoms. The molecule has 1 heterocycles. The molecule has 1 aromatic rings. The van der Waals surface area contributed by atoms with E-state index in [9.17, 15) is 51.6 Å². The van der Waals surface area contributed by atoms with Gasteiger partial charge in [0.1, 0.15) is 18.9 Å². The first-order chi connectivity index (χ1) is 13.3. The van der Waals surface area contributed by atoms with Crippen LogP contribution in [-0.2, 0) is 43.0 Å². The van der Waals surface area contributed by atoms with E-state index < -0.39 is 40.9 Å². The second-order valence-corrected chi connectivity index (χ2v) is 11.3. The number of sulfone groups is 1. The molecular weight excluding hydrogens is 492 g/mol. The summed E-state index contributed by atoms with van der Waals surface area (Å²) in [6, 6.07) is 0. The van der Waals surface area contributed by atoms with Crippen molar-refractivity contribution in [2.45, 2.75) is 44.4 Å². The van der Waals surface area contributed by atoms with Gasteiger partial charge >= 0.3 is 11.0 Å². The Kier molecular flexibility index (Phi) is 9.79. The van der Waals surface area contributed by atoms with Gasteiger partial charge in [-0.05, 0) is 13.3 Å². The Hall–Kier alpha value is -1.40. The Morgan fingerprint density at radius 1 is 0.867 bits per heavy atom.